The second kappa shape index (κ2) is 15.2. The highest BCUT2D eigenvalue weighted by atomic mass is 15.0. The van der Waals surface area contributed by atoms with Crippen molar-refractivity contribution in [3.05, 3.63) is 230 Å². The van der Waals surface area contributed by atoms with Crippen molar-refractivity contribution in [1.82, 2.24) is 19.1 Å². The van der Waals surface area contributed by atoms with Crippen molar-refractivity contribution in [3.8, 4) is 67.5 Å². The standard InChI is InChI=1S/C60H42N4/c1-39-32-34-44(40(2)36-39)43-33-35-57-50(37-43)47-24-11-15-29-55(47)64(57)58-31-17-26-49(60-61-51(41-18-5-3-6-19-41)38-52(62-60)42-20-7-4-8-21-42)59(58)48-25-12-16-30-56(48)63-53-27-13-9-22-45(53)46-23-10-14-28-54(46)63/h3-38H,1-2H3. The fourth-order valence-electron chi connectivity index (χ4n) is 9.88. The molecule has 0 bridgehead atoms. The Morgan fingerprint density at radius 3 is 1.45 bits per heavy atom. The predicted octanol–water partition coefficient (Wildman–Crippen LogP) is 15.6. The van der Waals surface area contributed by atoms with Gasteiger partial charge < -0.3 is 9.13 Å². The Balaban J connectivity index is 1.20. The van der Waals surface area contributed by atoms with Crippen LogP contribution < -0.4 is 0 Å². The van der Waals surface area contributed by atoms with Gasteiger partial charge in [0.1, 0.15) is 0 Å². The molecule has 0 saturated carbocycles. The fourth-order valence-corrected chi connectivity index (χ4v) is 9.88. The van der Waals surface area contributed by atoms with Gasteiger partial charge in [0.15, 0.2) is 5.82 Å². The first-order chi connectivity index (χ1) is 31.6. The molecule has 0 amide bonds. The number of hydrogen-bond acceptors (Lipinski definition) is 2. The van der Waals surface area contributed by atoms with Crippen LogP contribution in [0.3, 0.4) is 0 Å². The summed E-state index contributed by atoms with van der Waals surface area (Å²) in [5.74, 6) is 0.659. The second-order valence-electron chi connectivity index (χ2n) is 16.7. The zero-order valence-corrected chi connectivity index (χ0v) is 35.6. The normalized spacial score (nSPS) is 11.6. The maximum atomic E-state index is 5.46. The molecular formula is C60H42N4. The highest BCUT2D eigenvalue weighted by Gasteiger charge is 2.25. The molecule has 64 heavy (non-hydrogen) atoms. The Morgan fingerprint density at radius 2 is 0.828 bits per heavy atom. The molecule has 0 spiro atoms. The maximum absolute atomic E-state index is 5.46. The Kier molecular flexibility index (Phi) is 8.91. The molecule has 0 fully saturated rings. The van der Waals surface area contributed by atoms with Gasteiger partial charge in [0.05, 0.1) is 44.8 Å². The molecule has 0 atom stereocenters. The van der Waals surface area contributed by atoms with E-state index in [1.807, 2.05) is 12.1 Å². The van der Waals surface area contributed by atoms with E-state index in [1.165, 1.54) is 43.8 Å². The predicted molar refractivity (Wildman–Crippen MR) is 267 cm³/mol. The van der Waals surface area contributed by atoms with Crippen LogP contribution in [-0.2, 0) is 0 Å². The number of aryl methyl sites for hydroxylation is 2. The minimum atomic E-state index is 0.659. The largest absolute Gasteiger partial charge is 0.309 e. The summed E-state index contributed by atoms with van der Waals surface area (Å²) in [6.45, 7) is 4.37. The van der Waals surface area contributed by atoms with E-state index in [1.54, 1.807) is 0 Å². The van der Waals surface area contributed by atoms with Crippen LogP contribution in [0.1, 0.15) is 11.1 Å². The average Bonchev–Trinajstić information content (AvgIpc) is 3.87. The molecular weight excluding hydrogens is 777 g/mol. The smallest absolute Gasteiger partial charge is 0.161 e. The van der Waals surface area contributed by atoms with Gasteiger partial charge in [0.2, 0.25) is 0 Å². The molecule has 4 nitrogen and oxygen atoms in total. The third-order valence-corrected chi connectivity index (χ3v) is 12.7. The fraction of sp³-hybridized carbons (Fsp3) is 0.0333. The van der Waals surface area contributed by atoms with E-state index < -0.39 is 0 Å². The number of fused-ring (bicyclic) bond motifs is 6. The van der Waals surface area contributed by atoms with E-state index in [0.717, 1.165) is 72.6 Å². The van der Waals surface area contributed by atoms with E-state index in [0.29, 0.717) is 5.82 Å². The summed E-state index contributed by atoms with van der Waals surface area (Å²) in [7, 11) is 0. The Bertz CT molecular complexity index is 3630. The van der Waals surface area contributed by atoms with Crippen molar-refractivity contribution >= 4 is 43.6 Å². The SMILES string of the molecule is Cc1ccc(-c2ccc3c(c2)c2ccccc2n3-c2cccc(-c3nc(-c4ccccc4)cc(-c4ccccc4)n3)c2-c2ccccc2-n2c3ccccc3c3ccccc32)c(C)c1. The first kappa shape index (κ1) is 37.4. The van der Waals surface area contributed by atoms with Gasteiger partial charge >= 0.3 is 0 Å². The Labute approximate surface area is 372 Å². The molecule has 9 aromatic carbocycles. The lowest BCUT2D eigenvalue weighted by molar-refractivity contribution is 1.15. The van der Waals surface area contributed by atoms with Crippen LogP contribution in [0.5, 0.6) is 0 Å². The van der Waals surface area contributed by atoms with Gasteiger partial charge in [0, 0.05) is 49.4 Å². The first-order valence-electron chi connectivity index (χ1n) is 21.9. The van der Waals surface area contributed by atoms with E-state index in [4.69, 9.17) is 9.97 Å². The van der Waals surface area contributed by atoms with Crippen LogP contribution in [0.15, 0.2) is 218 Å². The molecule has 0 saturated heterocycles. The molecule has 3 aromatic heterocycles. The molecule has 0 aliphatic rings. The lowest BCUT2D eigenvalue weighted by Crippen LogP contribution is -2.04. The summed E-state index contributed by atoms with van der Waals surface area (Å²) in [6, 6.07) is 78.5. The number of hydrogen-bond donors (Lipinski definition) is 0. The molecule has 302 valence electrons. The van der Waals surface area contributed by atoms with E-state index in [9.17, 15) is 0 Å². The number of aromatic nitrogens is 4. The number of rotatable bonds is 7. The van der Waals surface area contributed by atoms with Crippen molar-refractivity contribution in [2.75, 3.05) is 0 Å². The number of nitrogens with zero attached hydrogens (tertiary/aromatic N) is 4. The van der Waals surface area contributed by atoms with Crippen molar-refractivity contribution in [1.29, 1.82) is 0 Å². The van der Waals surface area contributed by atoms with Gasteiger partial charge in [-0.1, -0.05) is 175 Å². The van der Waals surface area contributed by atoms with Crippen LogP contribution in [0.25, 0.3) is 111 Å². The molecule has 12 aromatic rings. The minimum Gasteiger partial charge on any atom is -0.309 e. The summed E-state index contributed by atoms with van der Waals surface area (Å²) in [4.78, 5) is 10.9. The Hall–Kier alpha value is -8.34. The van der Waals surface area contributed by atoms with E-state index in [2.05, 4.69) is 229 Å². The zero-order valence-electron chi connectivity index (χ0n) is 35.6. The van der Waals surface area contributed by atoms with Gasteiger partial charge in [-0.3, -0.25) is 0 Å². The highest BCUT2D eigenvalue weighted by Crippen LogP contribution is 2.45. The Morgan fingerprint density at radius 1 is 0.328 bits per heavy atom. The molecule has 0 aliphatic carbocycles. The second-order valence-corrected chi connectivity index (χ2v) is 16.7. The third-order valence-electron chi connectivity index (χ3n) is 12.7. The highest BCUT2D eigenvalue weighted by molar-refractivity contribution is 6.13. The lowest BCUT2D eigenvalue weighted by atomic mass is 9.94. The molecule has 0 unspecified atom stereocenters. The van der Waals surface area contributed by atoms with Gasteiger partial charge in [-0.25, -0.2) is 9.97 Å². The molecule has 12 rings (SSSR count). The molecule has 0 radical (unpaired) electrons. The summed E-state index contributed by atoms with van der Waals surface area (Å²) in [5, 5.41) is 4.84. The third kappa shape index (κ3) is 6.14. The van der Waals surface area contributed by atoms with Crippen LogP contribution in [0, 0.1) is 13.8 Å². The summed E-state index contributed by atoms with van der Waals surface area (Å²) in [5.41, 5.74) is 18.6. The minimum absolute atomic E-state index is 0.659. The monoisotopic (exact) mass is 818 g/mol. The van der Waals surface area contributed by atoms with Crippen molar-refractivity contribution in [2.45, 2.75) is 13.8 Å². The van der Waals surface area contributed by atoms with Crippen molar-refractivity contribution < 1.29 is 0 Å². The topological polar surface area (TPSA) is 35.6 Å². The molecule has 3 heterocycles. The zero-order chi connectivity index (χ0) is 42.7. The molecule has 0 aliphatic heterocycles. The van der Waals surface area contributed by atoms with Crippen LogP contribution in [-0.4, -0.2) is 19.1 Å². The van der Waals surface area contributed by atoms with Crippen LogP contribution in [0.2, 0.25) is 0 Å². The molecule has 4 heteroatoms. The number of benzene rings is 9. The van der Waals surface area contributed by atoms with Gasteiger partial charge in [-0.2, -0.15) is 0 Å². The molecule has 0 N–H and O–H groups in total. The van der Waals surface area contributed by atoms with Gasteiger partial charge in [0.25, 0.3) is 0 Å². The van der Waals surface area contributed by atoms with E-state index >= 15 is 0 Å². The number of para-hydroxylation sites is 4. The quantitative estimate of drug-likeness (QED) is 0.161. The van der Waals surface area contributed by atoms with Crippen molar-refractivity contribution in [3.63, 3.8) is 0 Å². The first-order valence-corrected chi connectivity index (χ1v) is 21.9. The lowest BCUT2D eigenvalue weighted by Gasteiger charge is -2.21. The van der Waals surface area contributed by atoms with Crippen molar-refractivity contribution in [2.24, 2.45) is 0 Å². The summed E-state index contributed by atoms with van der Waals surface area (Å²) < 4.78 is 4.89. The summed E-state index contributed by atoms with van der Waals surface area (Å²) >= 11 is 0. The van der Waals surface area contributed by atoms with E-state index in [-0.39, 0.29) is 0 Å². The maximum Gasteiger partial charge on any atom is 0.161 e. The van der Waals surface area contributed by atoms with Crippen LogP contribution >= 0.6 is 0 Å². The van der Waals surface area contributed by atoms with Gasteiger partial charge in [-0.15, -0.1) is 0 Å². The van der Waals surface area contributed by atoms with Crippen LogP contribution in [0.4, 0.5) is 0 Å². The average molecular weight is 819 g/mol. The summed E-state index contributed by atoms with van der Waals surface area (Å²) in [6.07, 6.45) is 0. The van der Waals surface area contributed by atoms with Gasteiger partial charge in [-0.05, 0) is 79.1 Å².